The minimum atomic E-state index is 0.290. The number of hydrogen-bond acceptors (Lipinski definition) is 4. The molecule has 2 fully saturated rings. The highest BCUT2D eigenvalue weighted by atomic mass is 32.2. The predicted octanol–water partition coefficient (Wildman–Crippen LogP) is 1.83. The van der Waals surface area contributed by atoms with Crippen LogP contribution in [0, 0.1) is 5.92 Å². The minimum Gasteiger partial charge on any atom is -0.381 e. The van der Waals surface area contributed by atoms with Gasteiger partial charge in [-0.3, -0.25) is 4.99 Å². The molecule has 0 aliphatic carbocycles. The van der Waals surface area contributed by atoms with Crippen LogP contribution in [0.5, 0.6) is 0 Å². The van der Waals surface area contributed by atoms with Crippen molar-refractivity contribution in [2.75, 3.05) is 59.4 Å². The van der Waals surface area contributed by atoms with Gasteiger partial charge in [-0.2, -0.15) is 11.8 Å². The van der Waals surface area contributed by atoms with Crippen molar-refractivity contribution in [3.05, 3.63) is 0 Å². The number of nitrogens with zero attached hydrogens (tertiary/aromatic N) is 2. The molecule has 0 amide bonds. The van der Waals surface area contributed by atoms with Gasteiger partial charge in [-0.15, -0.1) is 0 Å². The molecule has 0 aromatic carbocycles. The molecule has 0 saturated carbocycles. The Morgan fingerprint density at radius 3 is 2.86 bits per heavy atom. The van der Waals surface area contributed by atoms with E-state index in [1.165, 1.54) is 6.42 Å². The molecule has 0 spiro atoms. The summed E-state index contributed by atoms with van der Waals surface area (Å²) in [6.07, 6.45) is 5.64. The van der Waals surface area contributed by atoms with Crippen molar-refractivity contribution in [2.45, 2.75) is 30.9 Å². The largest absolute Gasteiger partial charge is 0.381 e. The molecule has 0 radical (unpaired) electrons. The van der Waals surface area contributed by atoms with Crippen molar-refractivity contribution in [2.24, 2.45) is 10.9 Å². The highest BCUT2D eigenvalue weighted by Crippen LogP contribution is 2.33. The molecule has 6 heteroatoms. The topological polar surface area (TPSA) is 46.1 Å². The molecule has 0 aromatic rings. The Bertz CT molecular complexity index is 359. The van der Waals surface area contributed by atoms with Crippen molar-refractivity contribution in [1.29, 1.82) is 0 Å². The molecular weight excluding hydrogens is 298 g/mol. The maximum Gasteiger partial charge on any atom is 0.193 e. The zero-order valence-electron chi connectivity index (χ0n) is 14.3. The molecule has 0 aromatic heterocycles. The summed E-state index contributed by atoms with van der Waals surface area (Å²) >= 11 is 1.96. The van der Waals surface area contributed by atoms with Gasteiger partial charge in [0.25, 0.3) is 0 Å². The number of hydrogen-bond donors (Lipinski definition) is 1. The van der Waals surface area contributed by atoms with Gasteiger partial charge in [0, 0.05) is 57.2 Å². The fourth-order valence-electron chi connectivity index (χ4n) is 3.21. The third-order valence-electron chi connectivity index (χ3n) is 4.76. The Balaban J connectivity index is 1.82. The summed E-state index contributed by atoms with van der Waals surface area (Å²) in [6.45, 7) is 8.59. The third kappa shape index (κ3) is 4.77. The second-order valence-electron chi connectivity index (χ2n) is 6.16. The minimum absolute atomic E-state index is 0.290. The Hall–Kier alpha value is -0.460. The van der Waals surface area contributed by atoms with E-state index < -0.39 is 0 Å². The second-order valence-corrected chi connectivity index (χ2v) is 7.43. The number of ether oxygens (including phenoxy) is 2. The van der Waals surface area contributed by atoms with Crippen molar-refractivity contribution < 1.29 is 9.47 Å². The van der Waals surface area contributed by atoms with Crippen molar-refractivity contribution >= 4 is 17.7 Å². The Kier molecular flexibility index (Phi) is 7.31. The Morgan fingerprint density at radius 2 is 2.23 bits per heavy atom. The predicted molar refractivity (Wildman–Crippen MR) is 93.8 cm³/mol. The average Bonchev–Trinajstić information content (AvgIpc) is 3.03. The maximum atomic E-state index is 5.56. The monoisotopic (exact) mass is 329 g/mol. The SMILES string of the molecule is CCOCC1CCN(C(=NC)NCC2(SC)CCOCC2)C1. The van der Waals surface area contributed by atoms with E-state index in [0.717, 1.165) is 64.9 Å². The van der Waals surface area contributed by atoms with Crippen LogP contribution in [0.2, 0.25) is 0 Å². The highest BCUT2D eigenvalue weighted by Gasteiger charge is 2.33. The Morgan fingerprint density at radius 1 is 1.45 bits per heavy atom. The zero-order valence-corrected chi connectivity index (χ0v) is 15.1. The van der Waals surface area contributed by atoms with Gasteiger partial charge >= 0.3 is 0 Å². The van der Waals surface area contributed by atoms with Crippen molar-refractivity contribution in [3.63, 3.8) is 0 Å². The van der Waals surface area contributed by atoms with E-state index in [-0.39, 0.29) is 0 Å². The van der Waals surface area contributed by atoms with Gasteiger partial charge < -0.3 is 19.7 Å². The lowest BCUT2D eigenvalue weighted by Gasteiger charge is -2.37. The first kappa shape index (κ1) is 17.9. The number of guanidine groups is 1. The molecule has 2 saturated heterocycles. The normalized spacial score (nSPS) is 25.5. The van der Waals surface area contributed by atoms with Gasteiger partial charge in [0.1, 0.15) is 0 Å². The molecule has 1 unspecified atom stereocenters. The number of likely N-dealkylation sites (tertiary alicyclic amines) is 1. The number of aliphatic imine (C=N–C) groups is 1. The zero-order chi connectivity index (χ0) is 15.8. The third-order valence-corrected chi connectivity index (χ3v) is 6.18. The number of nitrogens with one attached hydrogen (secondary N) is 1. The van der Waals surface area contributed by atoms with Gasteiger partial charge in [0.2, 0.25) is 0 Å². The fourth-order valence-corrected chi connectivity index (χ4v) is 4.01. The van der Waals surface area contributed by atoms with Crippen LogP contribution in [-0.2, 0) is 9.47 Å². The Labute approximate surface area is 139 Å². The van der Waals surface area contributed by atoms with Crippen LogP contribution in [0.1, 0.15) is 26.2 Å². The number of rotatable bonds is 6. The van der Waals surface area contributed by atoms with E-state index in [1.54, 1.807) is 0 Å². The van der Waals surface area contributed by atoms with Crippen molar-refractivity contribution in [1.82, 2.24) is 10.2 Å². The summed E-state index contributed by atoms with van der Waals surface area (Å²) in [5.41, 5.74) is 0. The molecular formula is C16H31N3O2S. The summed E-state index contributed by atoms with van der Waals surface area (Å²) in [7, 11) is 1.88. The molecule has 2 aliphatic heterocycles. The van der Waals surface area contributed by atoms with Crippen LogP contribution in [-0.4, -0.2) is 75.0 Å². The lowest BCUT2D eigenvalue weighted by molar-refractivity contribution is 0.0781. The first-order chi connectivity index (χ1) is 10.7. The molecule has 2 rings (SSSR count). The van der Waals surface area contributed by atoms with Gasteiger partial charge in [0.05, 0.1) is 6.61 Å². The molecule has 1 N–H and O–H groups in total. The van der Waals surface area contributed by atoms with E-state index in [1.807, 2.05) is 18.8 Å². The van der Waals surface area contributed by atoms with Crippen LogP contribution in [0.3, 0.4) is 0 Å². The van der Waals surface area contributed by atoms with Crippen LogP contribution < -0.4 is 5.32 Å². The van der Waals surface area contributed by atoms with Crippen LogP contribution >= 0.6 is 11.8 Å². The van der Waals surface area contributed by atoms with Crippen LogP contribution in [0.4, 0.5) is 0 Å². The maximum absolute atomic E-state index is 5.56. The first-order valence-electron chi connectivity index (χ1n) is 8.39. The van der Waals surface area contributed by atoms with Crippen molar-refractivity contribution in [3.8, 4) is 0 Å². The fraction of sp³-hybridized carbons (Fsp3) is 0.938. The molecule has 5 nitrogen and oxygen atoms in total. The molecule has 128 valence electrons. The lowest BCUT2D eigenvalue weighted by Crippen LogP contribution is -2.48. The van der Waals surface area contributed by atoms with E-state index in [9.17, 15) is 0 Å². The smallest absolute Gasteiger partial charge is 0.193 e. The molecule has 2 heterocycles. The van der Waals surface area contributed by atoms with Gasteiger partial charge in [-0.1, -0.05) is 0 Å². The van der Waals surface area contributed by atoms with E-state index in [0.29, 0.717) is 10.7 Å². The first-order valence-corrected chi connectivity index (χ1v) is 9.61. The second kappa shape index (κ2) is 8.99. The van der Waals surface area contributed by atoms with Crippen LogP contribution in [0.25, 0.3) is 0 Å². The van der Waals surface area contributed by atoms with E-state index >= 15 is 0 Å². The molecule has 22 heavy (non-hydrogen) atoms. The van der Waals surface area contributed by atoms with Gasteiger partial charge in [-0.05, 0) is 32.4 Å². The lowest BCUT2D eigenvalue weighted by atomic mass is 9.99. The quantitative estimate of drug-likeness (QED) is 0.595. The standard InChI is InChI=1S/C16H31N3O2S/c1-4-20-12-14-5-8-19(11-14)15(17-2)18-13-16(22-3)6-9-21-10-7-16/h14H,4-13H2,1-3H3,(H,17,18). The summed E-state index contributed by atoms with van der Waals surface area (Å²) in [5.74, 6) is 1.68. The van der Waals surface area contributed by atoms with Crippen LogP contribution in [0.15, 0.2) is 4.99 Å². The van der Waals surface area contributed by atoms with Gasteiger partial charge in [0.15, 0.2) is 5.96 Å². The summed E-state index contributed by atoms with van der Waals surface area (Å²) < 4.78 is 11.4. The molecule has 2 aliphatic rings. The summed E-state index contributed by atoms with van der Waals surface area (Å²) in [4.78, 5) is 6.86. The summed E-state index contributed by atoms with van der Waals surface area (Å²) in [5, 5.41) is 3.61. The van der Waals surface area contributed by atoms with Gasteiger partial charge in [-0.25, -0.2) is 0 Å². The summed E-state index contributed by atoms with van der Waals surface area (Å²) in [6, 6.07) is 0. The molecule has 0 bridgehead atoms. The number of thioether (sulfide) groups is 1. The average molecular weight is 330 g/mol. The van der Waals surface area contributed by atoms with E-state index in [4.69, 9.17) is 9.47 Å². The highest BCUT2D eigenvalue weighted by molar-refractivity contribution is 8.00. The molecule has 1 atom stereocenters. The van der Waals surface area contributed by atoms with E-state index in [2.05, 4.69) is 28.4 Å².